The van der Waals surface area contributed by atoms with Crippen molar-refractivity contribution in [2.75, 3.05) is 37.7 Å². The Morgan fingerprint density at radius 1 is 1.24 bits per heavy atom. The van der Waals surface area contributed by atoms with E-state index in [1.807, 2.05) is 5.32 Å². The molecule has 1 N–H and O–H groups in total. The average molecular weight is 560 g/mol. The molecule has 0 atom stereocenters. The Labute approximate surface area is 217 Å². The van der Waals surface area contributed by atoms with Gasteiger partial charge >= 0.3 is 12.3 Å². The molecule has 0 radical (unpaired) electrons. The number of amides is 2. The van der Waals surface area contributed by atoms with Gasteiger partial charge in [0.15, 0.2) is 5.82 Å². The highest BCUT2D eigenvalue weighted by molar-refractivity contribution is 6.33. The molecular weight excluding hydrogens is 542 g/mol. The molecule has 0 bridgehead atoms. The summed E-state index contributed by atoms with van der Waals surface area (Å²) in [5.41, 5.74) is -1.94. The van der Waals surface area contributed by atoms with Crippen molar-refractivity contribution in [2.24, 2.45) is 0 Å². The van der Waals surface area contributed by atoms with E-state index in [4.69, 9.17) is 23.2 Å². The van der Waals surface area contributed by atoms with Gasteiger partial charge in [-0.2, -0.15) is 28.2 Å². The van der Waals surface area contributed by atoms with E-state index in [0.717, 1.165) is 0 Å². The van der Waals surface area contributed by atoms with Gasteiger partial charge < -0.3 is 14.5 Å². The number of piperazine rings is 1. The Morgan fingerprint density at radius 2 is 1.92 bits per heavy atom. The smallest absolute Gasteiger partial charge is 0.417 e. The molecule has 0 spiro atoms. The Balaban J connectivity index is 1.74. The van der Waals surface area contributed by atoms with Crippen LogP contribution in [0, 0.1) is 11.3 Å². The first-order chi connectivity index (χ1) is 17.5. The Kier molecular flexibility index (Phi) is 8.61. The summed E-state index contributed by atoms with van der Waals surface area (Å²) in [7, 11) is 0. The van der Waals surface area contributed by atoms with Crippen molar-refractivity contribution in [3.63, 3.8) is 0 Å². The van der Waals surface area contributed by atoms with Gasteiger partial charge in [-0.25, -0.2) is 9.78 Å². The van der Waals surface area contributed by atoms with Crippen molar-refractivity contribution in [1.29, 1.82) is 5.26 Å². The predicted molar refractivity (Wildman–Crippen MR) is 125 cm³/mol. The molecule has 1 saturated heterocycles. The van der Waals surface area contributed by atoms with Crippen LogP contribution < -0.4 is 15.8 Å². The molecule has 1 aliphatic heterocycles. The van der Waals surface area contributed by atoms with Crippen LogP contribution in [0.4, 0.5) is 23.7 Å². The first-order valence-corrected chi connectivity index (χ1v) is 11.3. The molecule has 11 nitrogen and oxygen atoms in total. The van der Waals surface area contributed by atoms with E-state index in [1.54, 1.807) is 22.8 Å². The summed E-state index contributed by atoms with van der Waals surface area (Å²) in [5, 5.41) is 14.5. The van der Waals surface area contributed by atoms with Crippen molar-refractivity contribution in [3.8, 4) is 11.9 Å². The summed E-state index contributed by atoms with van der Waals surface area (Å²) in [6.45, 7) is 2.91. The SMILES string of the molecule is CCOC(=O)NC(=O)C(C#N)=CN1CCN(c2cnn(-c3ncc(C(F)(F)F)cc3Cl)c(=O)c2Cl)CC1. The number of carbonyl (C=O) groups excluding carboxylic acids is 2. The molecule has 2 aromatic rings. The minimum atomic E-state index is -4.66. The number of aromatic nitrogens is 3. The van der Waals surface area contributed by atoms with Gasteiger partial charge in [0.05, 0.1) is 29.1 Å². The number of alkyl halides is 3. The zero-order chi connectivity index (χ0) is 27.3. The van der Waals surface area contributed by atoms with Gasteiger partial charge in [-0.05, 0) is 13.0 Å². The summed E-state index contributed by atoms with van der Waals surface area (Å²) in [6, 6.07) is 2.36. The third-order valence-electron chi connectivity index (χ3n) is 5.07. The molecule has 2 amide bonds. The second-order valence-corrected chi connectivity index (χ2v) is 8.23. The maximum Gasteiger partial charge on any atom is 0.417 e. The summed E-state index contributed by atoms with van der Waals surface area (Å²) in [4.78, 5) is 43.3. The van der Waals surface area contributed by atoms with Crippen LogP contribution in [-0.2, 0) is 15.7 Å². The summed E-state index contributed by atoms with van der Waals surface area (Å²) in [5.74, 6) is -1.22. The van der Waals surface area contributed by atoms with Crippen molar-refractivity contribution in [1.82, 2.24) is 25.0 Å². The van der Waals surface area contributed by atoms with Crippen LogP contribution >= 0.6 is 23.2 Å². The third kappa shape index (κ3) is 6.49. The fourth-order valence-electron chi connectivity index (χ4n) is 3.28. The monoisotopic (exact) mass is 559 g/mol. The first-order valence-electron chi connectivity index (χ1n) is 10.6. The number of nitrogens with zero attached hydrogens (tertiary/aromatic N) is 6. The van der Waals surface area contributed by atoms with Crippen molar-refractivity contribution >= 4 is 40.9 Å². The van der Waals surface area contributed by atoms with E-state index in [1.165, 1.54) is 12.4 Å². The number of ether oxygens (including phenoxy) is 1. The maximum atomic E-state index is 12.9. The number of imide groups is 1. The standard InChI is InChI=1S/C21H18Cl2F3N7O4/c1-2-37-20(36)30-18(34)12(8-27)11-31-3-5-32(6-4-31)15-10-29-33(19(35)16(15)23)17-14(22)7-13(9-28-17)21(24,25)26/h7,9-11H,2-6H2,1H3,(H,30,34,36). The minimum Gasteiger partial charge on any atom is -0.450 e. The largest absolute Gasteiger partial charge is 0.450 e. The lowest BCUT2D eigenvalue weighted by Gasteiger charge is -2.35. The topological polar surface area (TPSA) is 133 Å². The second kappa shape index (κ2) is 11.5. The van der Waals surface area contributed by atoms with E-state index in [2.05, 4.69) is 14.8 Å². The van der Waals surface area contributed by atoms with Crippen LogP contribution in [0.5, 0.6) is 0 Å². The lowest BCUT2D eigenvalue weighted by atomic mass is 10.2. The first kappa shape index (κ1) is 27.8. The lowest BCUT2D eigenvalue weighted by molar-refractivity contribution is -0.137. The number of rotatable bonds is 5. The van der Waals surface area contributed by atoms with Crippen LogP contribution in [0.15, 0.2) is 35.0 Å². The summed E-state index contributed by atoms with van der Waals surface area (Å²) >= 11 is 12.2. The molecule has 2 aromatic heterocycles. The Bertz CT molecular complexity index is 1330. The van der Waals surface area contributed by atoms with Crippen LogP contribution in [-0.4, -0.2) is 64.5 Å². The van der Waals surface area contributed by atoms with Gasteiger partial charge in [0.25, 0.3) is 11.5 Å². The number of hydrogen-bond donors (Lipinski definition) is 1. The molecule has 0 aromatic carbocycles. The maximum absolute atomic E-state index is 12.9. The molecule has 0 aliphatic carbocycles. The van der Waals surface area contributed by atoms with Gasteiger partial charge in [0.1, 0.15) is 16.7 Å². The number of nitriles is 1. The summed E-state index contributed by atoms with van der Waals surface area (Å²) in [6.07, 6.45) is -2.53. The van der Waals surface area contributed by atoms with Gasteiger partial charge in [0, 0.05) is 38.6 Å². The number of alkyl carbamates (subject to hydrolysis) is 1. The molecule has 3 rings (SSSR count). The van der Waals surface area contributed by atoms with Gasteiger partial charge in [-0.15, -0.1) is 0 Å². The average Bonchev–Trinajstić information content (AvgIpc) is 2.84. The molecule has 16 heteroatoms. The lowest BCUT2D eigenvalue weighted by Crippen LogP contribution is -2.45. The van der Waals surface area contributed by atoms with E-state index in [0.29, 0.717) is 43.1 Å². The van der Waals surface area contributed by atoms with Gasteiger partial charge in [0.2, 0.25) is 0 Å². The van der Waals surface area contributed by atoms with Crippen LogP contribution in [0.2, 0.25) is 10.0 Å². The van der Waals surface area contributed by atoms with Crippen molar-refractivity contribution in [3.05, 3.63) is 56.2 Å². The third-order valence-corrected chi connectivity index (χ3v) is 5.71. The number of nitrogens with one attached hydrogen (secondary N) is 1. The predicted octanol–water partition coefficient (Wildman–Crippen LogP) is 2.76. The van der Waals surface area contributed by atoms with Crippen LogP contribution in [0.25, 0.3) is 5.82 Å². The Morgan fingerprint density at radius 3 is 2.49 bits per heavy atom. The second-order valence-electron chi connectivity index (χ2n) is 7.44. The molecule has 0 unspecified atom stereocenters. The number of anilines is 1. The quantitative estimate of drug-likeness (QED) is 0.433. The zero-order valence-electron chi connectivity index (χ0n) is 19.1. The molecule has 0 saturated carbocycles. The molecule has 3 heterocycles. The van der Waals surface area contributed by atoms with Crippen LogP contribution in [0.1, 0.15) is 12.5 Å². The zero-order valence-corrected chi connectivity index (χ0v) is 20.6. The molecular formula is C21H18Cl2F3N7O4. The van der Waals surface area contributed by atoms with Gasteiger partial charge in [-0.1, -0.05) is 23.2 Å². The molecule has 1 fully saturated rings. The van der Waals surface area contributed by atoms with E-state index < -0.39 is 34.3 Å². The molecule has 1 aliphatic rings. The fourth-order valence-corrected chi connectivity index (χ4v) is 3.77. The minimum absolute atomic E-state index is 0.0581. The Hall–Kier alpha value is -3.83. The number of halogens is 5. The highest BCUT2D eigenvalue weighted by Crippen LogP contribution is 2.32. The van der Waals surface area contributed by atoms with Gasteiger partial charge in [-0.3, -0.25) is 14.9 Å². The van der Waals surface area contributed by atoms with Crippen molar-refractivity contribution in [2.45, 2.75) is 13.1 Å². The van der Waals surface area contributed by atoms with Crippen LogP contribution in [0.3, 0.4) is 0 Å². The highest BCUT2D eigenvalue weighted by Gasteiger charge is 2.32. The van der Waals surface area contributed by atoms with Crippen molar-refractivity contribution < 1.29 is 27.5 Å². The van der Waals surface area contributed by atoms with E-state index in [-0.39, 0.29) is 28.7 Å². The highest BCUT2D eigenvalue weighted by atomic mass is 35.5. The fraction of sp³-hybridized carbons (Fsp3) is 0.333. The van der Waals surface area contributed by atoms with E-state index >= 15 is 0 Å². The number of carbonyl (C=O) groups is 2. The summed E-state index contributed by atoms with van der Waals surface area (Å²) < 4.78 is 43.9. The number of pyridine rings is 1. The number of hydrogen-bond acceptors (Lipinski definition) is 9. The normalized spacial score (nSPS) is 14.2. The molecule has 196 valence electrons. The van der Waals surface area contributed by atoms with E-state index in [9.17, 15) is 32.8 Å². The molecule has 37 heavy (non-hydrogen) atoms.